The van der Waals surface area contributed by atoms with Crippen LogP contribution in [0.3, 0.4) is 0 Å². The minimum Gasteiger partial charge on any atom is -0.368 e. The van der Waals surface area contributed by atoms with E-state index in [2.05, 4.69) is 49.9 Å². The van der Waals surface area contributed by atoms with E-state index in [9.17, 15) is 9.59 Å². The third-order valence-electron chi connectivity index (χ3n) is 8.51. The second-order valence-electron chi connectivity index (χ2n) is 11.5. The highest BCUT2D eigenvalue weighted by Gasteiger charge is 2.39. The van der Waals surface area contributed by atoms with Crippen molar-refractivity contribution in [2.45, 2.75) is 44.4 Å². The number of carbonyl (C=O) groups is 2. The maximum absolute atomic E-state index is 14.0. The lowest BCUT2D eigenvalue weighted by atomic mass is 9.85. The Morgan fingerprint density at radius 3 is 2.36 bits per heavy atom. The zero-order valence-electron chi connectivity index (χ0n) is 25.1. The summed E-state index contributed by atoms with van der Waals surface area (Å²) in [6.45, 7) is 5.66. The van der Waals surface area contributed by atoms with Crippen LogP contribution in [0.1, 0.15) is 29.2 Å². The van der Waals surface area contributed by atoms with Crippen molar-refractivity contribution in [3.8, 4) is 0 Å². The van der Waals surface area contributed by atoms with Crippen molar-refractivity contribution < 1.29 is 9.59 Å². The molecule has 0 aliphatic carbocycles. The molecule has 2 aliphatic rings. The first-order valence-corrected chi connectivity index (χ1v) is 15.1. The van der Waals surface area contributed by atoms with Gasteiger partial charge in [0, 0.05) is 49.9 Å². The minimum absolute atomic E-state index is 0. The molecule has 9 nitrogen and oxygen atoms in total. The van der Waals surface area contributed by atoms with Gasteiger partial charge in [0.2, 0.25) is 11.8 Å². The van der Waals surface area contributed by atoms with Gasteiger partial charge < -0.3 is 15.1 Å². The van der Waals surface area contributed by atoms with Crippen LogP contribution < -0.4 is 15.5 Å². The molecule has 4 aromatic rings. The molecule has 2 aliphatic heterocycles. The zero-order valence-corrected chi connectivity index (χ0v) is 27.5. The summed E-state index contributed by atoms with van der Waals surface area (Å²) in [6, 6.07) is 23.2. The number of benzene rings is 3. The van der Waals surface area contributed by atoms with Crippen LogP contribution in [0.4, 0.5) is 5.69 Å². The standard InChI is InChI=1S/C33H36ClN7O2.2ClH/c1-33(19-25-6-2-3-7-26(25)20-36-33)32(43)38-29(18-24-10-12-28(34)13-11-24)31(42)40-16-14-39(15-17-40)30-9-5-4-8-27(30)21-41-23-35-22-37-41;;/h2-13,22-23,29,36H,14-21H2,1H3,(H,38,43);2*1H/t29-,33+;;/m1../s1. The summed E-state index contributed by atoms with van der Waals surface area (Å²) in [6.07, 6.45) is 4.19. The molecule has 3 heterocycles. The topological polar surface area (TPSA) is 95.4 Å². The molecule has 2 atom stereocenters. The van der Waals surface area contributed by atoms with Gasteiger partial charge in [-0.15, -0.1) is 24.8 Å². The van der Waals surface area contributed by atoms with Gasteiger partial charge in [-0.05, 0) is 53.8 Å². The van der Waals surface area contributed by atoms with Crippen LogP contribution in [0, 0.1) is 0 Å². The van der Waals surface area contributed by atoms with Crippen LogP contribution in [-0.2, 0) is 35.5 Å². The number of hydrogen-bond donors (Lipinski definition) is 2. The van der Waals surface area contributed by atoms with E-state index in [-0.39, 0.29) is 36.6 Å². The van der Waals surface area contributed by atoms with E-state index < -0.39 is 11.6 Å². The van der Waals surface area contributed by atoms with Gasteiger partial charge in [-0.3, -0.25) is 14.9 Å². The van der Waals surface area contributed by atoms with Crippen LogP contribution >= 0.6 is 36.4 Å². The first kappa shape index (κ1) is 34.2. The Morgan fingerprint density at radius 1 is 0.956 bits per heavy atom. The minimum atomic E-state index is -0.820. The number of aromatic nitrogens is 3. The number of fused-ring (bicyclic) bond motifs is 1. The Morgan fingerprint density at radius 2 is 1.64 bits per heavy atom. The molecule has 0 unspecified atom stereocenters. The lowest BCUT2D eigenvalue weighted by Gasteiger charge is -2.39. The molecule has 0 spiro atoms. The van der Waals surface area contributed by atoms with Crippen molar-refractivity contribution >= 4 is 53.9 Å². The summed E-state index contributed by atoms with van der Waals surface area (Å²) in [5, 5.41) is 11.4. The van der Waals surface area contributed by atoms with Crippen molar-refractivity contribution in [3.63, 3.8) is 0 Å². The Bertz CT molecular complexity index is 1580. The number of amides is 2. The van der Waals surface area contributed by atoms with Gasteiger partial charge >= 0.3 is 0 Å². The second kappa shape index (κ2) is 15.1. The summed E-state index contributed by atoms with van der Waals surface area (Å²) in [4.78, 5) is 36.1. The number of anilines is 1. The fourth-order valence-electron chi connectivity index (χ4n) is 6.00. The second-order valence-corrected chi connectivity index (χ2v) is 12.0. The number of nitrogens with one attached hydrogen (secondary N) is 2. The van der Waals surface area contributed by atoms with Gasteiger partial charge in [0.25, 0.3) is 0 Å². The van der Waals surface area contributed by atoms with E-state index in [1.165, 1.54) is 11.9 Å². The third kappa shape index (κ3) is 7.97. The van der Waals surface area contributed by atoms with Crippen LogP contribution in [0.2, 0.25) is 5.02 Å². The predicted octanol–water partition coefficient (Wildman–Crippen LogP) is 4.30. The van der Waals surface area contributed by atoms with Crippen molar-refractivity contribution in [2.75, 3.05) is 31.1 Å². The van der Waals surface area contributed by atoms with Gasteiger partial charge in [-0.1, -0.05) is 66.2 Å². The maximum atomic E-state index is 14.0. The summed E-state index contributed by atoms with van der Waals surface area (Å²) >= 11 is 6.13. The van der Waals surface area contributed by atoms with Gasteiger partial charge in [-0.2, -0.15) is 5.10 Å². The molecule has 1 aromatic heterocycles. The number of rotatable bonds is 8. The smallest absolute Gasteiger partial charge is 0.245 e. The molecule has 6 rings (SSSR count). The summed E-state index contributed by atoms with van der Waals surface area (Å²) in [7, 11) is 0. The Hall–Kier alpha value is -3.63. The van der Waals surface area contributed by atoms with Gasteiger partial charge in [-0.25, -0.2) is 9.67 Å². The van der Waals surface area contributed by atoms with Crippen molar-refractivity contribution in [2.24, 2.45) is 0 Å². The van der Waals surface area contributed by atoms with E-state index in [1.807, 2.05) is 65.0 Å². The van der Waals surface area contributed by atoms with E-state index in [0.29, 0.717) is 57.1 Å². The summed E-state index contributed by atoms with van der Waals surface area (Å²) in [5.41, 5.74) is 4.75. The fraction of sp³-hybridized carbons (Fsp3) is 0.333. The molecule has 1 fully saturated rings. The van der Waals surface area contributed by atoms with E-state index >= 15 is 0 Å². The van der Waals surface area contributed by atoms with E-state index in [0.717, 1.165) is 22.4 Å². The van der Waals surface area contributed by atoms with Crippen LogP contribution in [0.15, 0.2) is 85.5 Å². The predicted molar refractivity (Wildman–Crippen MR) is 181 cm³/mol. The number of halogens is 3. The quantitative estimate of drug-likeness (QED) is 0.290. The highest BCUT2D eigenvalue weighted by molar-refractivity contribution is 6.30. The van der Waals surface area contributed by atoms with Crippen molar-refractivity contribution in [1.29, 1.82) is 0 Å². The molecular formula is C33H38Cl3N7O2. The Kier molecular flexibility index (Phi) is 11.5. The Balaban J connectivity index is 0.00000230. The van der Waals surface area contributed by atoms with Crippen LogP contribution in [0.25, 0.3) is 0 Å². The molecule has 1 saturated heterocycles. The van der Waals surface area contributed by atoms with Gasteiger partial charge in [0.05, 0.1) is 12.1 Å². The van der Waals surface area contributed by atoms with Crippen molar-refractivity contribution in [3.05, 3.63) is 113 Å². The number of piperazine rings is 1. The zero-order chi connectivity index (χ0) is 29.8. The number of carbonyl (C=O) groups excluding carboxylic acids is 2. The molecule has 12 heteroatoms. The highest BCUT2D eigenvalue weighted by atomic mass is 35.5. The summed E-state index contributed by atoms with van der Waals surface area (Å²) < 4.78 is 1.81. The number of hydrogen-bond acceptors (Lipinski definition) is 6. The number of para-hydroxylation sites is 1. The molecule has 0 saturated carbocycles. The number of nitrogens with zero attached hydrogens (tertiary/aromatic N) is 5. The van der Waals surface area contributed by atoms with E-state index in [4.69, 9.17) is 11.6 Å². The highest BCUT2D eigenvalue weighted by Crippen LogP contribution is 2.25. The molecule has 0 radical (unpaired) electrons. The monoisotopic (exact) mass is 669 g/mol. The molecule has 238 valence electrons. The SMILES string of the molecule is C[C@@]1(C(=O)N[C@H](Cc2ccc(Cl)cc2)C(=O)N2CCN(c3ccccc3Cn3cncn3)CC2)Cc2ccccc2CN1.Cl.Cl. The normalized spacial score (nSPS) is 18.2. The first-order chi connectivity index (χ1) is 20.9. The lowest BCUT2D eigenvalue weighted by molar-refractivity contribution is -0.138. The third-order valence-corrected chi connectivity index (χ3v) is 8.76. The lowest BCUT2D eigenvalue weighted by Crippen LogP contribution is -2.62. The largest absolute Gasteiger partial charge is 0.368 e. The van der Waals surface area contributed by atoms with E-state index in [1.54, 1.807) is 6.33 Å². The summed E-state index contributed by atoms with van der Waals surface area (Å²) in [5.74, 6) is -0.242. The Labute approximate surface area is 281 Å². The molecule has 45 heavy (non-hydrogen) atoms. The first-order valence-electron chi connectivity index (χ1n) is 14.7. The van der Waals surface area contributed by atoms with Crippen LogP contribution in [0.5, 0.6) is 0 Å². The molecule has 3 aromatic carbocycles. The fourth-order valence-corrected chi connectivity index (χ4v) is 6.13. The van der Waals surface area contributed by atoms with Crippen LogP contribution in [-0.4, -0.2) is 69.2 Å². The average Bonchev–Trinajstić information content (AvgIpc) is 3.55. The van der Waals surface area contributed by atoms with Gasteiger partial charge in [0.1, 0.15) is 18.7 Å². The molecule has 2 amide bonds. The van der Waals surface area contributed by atoms with Gasteiger partial charge in [0.15, 0.2) is 0 Å². The molecule has 0 bridgehead atoms. The maximum Gasteiger partial charge on any atom is 0.245 e. The molecular weight excluding hydrogens is 633 g/mol. The molecule has 2 N–H and O–H groups in total. The van der Waals surface area contributed by atoms with Crippen molar-refractivity contribution in [1.82, 2.24) is 30.3 Å². The average molecular weight is 671 g/mol.